The molecule has 1 fully saturated rings. The molecule has 0 spiro atoms. The van der Waals surface area contributed by atoms with Gasteiger partial charge in [0.25, 0.3) is 0 Å². The molecule has 1 aliphatic carbocycles. The van der Waals surface area contributed by atoms with Gasteiger partial charge in [-0.2, -0.15) is 5.10 Å². The van der Waals surface area contributed by atoms with Crippen LogP contribution in [0.5, 0.6) is 0 Å². The van der Waals surface area contributed by atoms with E-state index in [0.29, 0.717) is 18.6 Å². The van der Waals surface area contributed by atoms with Gasteiger partial charge in [-0.05, 0) is 41.6 Å². The van der Waals surface area contributed by atoms with E-state index in [2.05, 4.69) is 31.0 Å². The van der Waals surface area contributed by atoms with Crippen LogP contribution in [0.3, 0.4) is 0 Å². The zero-order valence-corrected chi connectivity index (χ0v) is 10.9. The SMILES string of the molecule is OCCN[C@H]1CCC[C@H](n2cc(Br)cn2)C1. The van der Waals surface area contributed by atoms with Crippen molar-refractivity contribution in [2.45, 2.75) is 37.8 Å². The number of nitrogens with one attached hydrogen (secondary N) is 1. The van der Waals surface area contributed by atoms with Crippen LogP contribution in [0.1, 0.15) is 31.7 Å². The Kier molecular flexibility index (Phi) is 4.37. The third-order valence-corrected chi connectivity index (χ3v) is 3.54. The van der Waals surface area contributed by atoms with Gasteiger partial charge in [0, 0.05) is 18.8 Å². The van der Waals surface area contributed by atoms with Gasteiger partial charge in [0.15, 0.2) is 0 Å². The lowest BCUT2D eigenvalue weighted by Crippen LogP contribution is -2.36. The van der Waals surface area contributed by atoms with Gasteiger partial charge in [-0.1, -0.05) is 0 Å². The van der Waals surface area contributed by atoms with Gasteiger partial charge >= 0.3 is 0 Å². The van der Waals surface area contributed by atoms with Crippen molar-refractivity contribution in [3.63, 3.8) is 0 Å². The van der Waals surface area contributed by atoms with Gasteiger partial charge in [-0.25, -0.2) is 0 Å². The molecular weight excluding hydrogens is 270 g/mol. The highest BCUT2D eigenvalue weighted by molar-refractivity contribution is 9.10. The van der Waals surface area contributed by atoms with Gasteiger partial charge in [0.1, 0.15) is 0 Å². The molecule has 1 saturated carbocycles. The third kappa shape index (κ3) is 3.06. The number of aromatic nitrogens is 2. The van der Waals surface area contributed by atoms with Crippen LogP contribution in [0.2, 0.25) is 0 Å². The Morgan fingerprint density at radius 1 is 1.56 bits per heavy atom. The molecule has 2 N–H and O–H groups in total. The zero-order valence-electron chi connectivity index (χ0n) is 9.27. The maximum absolute atomic E-state index is 8.80. The van der Waals surface area contributed by atoms with E-state index in [-0.39, 0.29) is 6.61 Å². The maximum atomic E-state index is 8.80. The molecule has 4 nitrogen and oxygen atoms in total. The van der Waals surface area contributed by atoms with Gasteiger partial charge in [-0.15, -0.1) is 0 Å². The van der Waals surface area contributed by atoms with E-state index >= 15 is 0 Å². The lowest BCUT2D eigenvalue weighted by molar-refractivity contribution is 0.241. The maximum Gasteiger partial charge on any atom is 0.0632 e. The average molecular weight is 288 g/mol. The van der Waals surface area contributed by atoms with E-state index in [4.69, 9.17) is 5.11 Å². The van der Waals surface area contributed by atoms with Crippen LogP contribution in [0.15, 0.2) is 16.9 Å². The van der Waals surface area contributed by atoms with Crippen molar-refractivity contribution in [1.29, 1.82) is 0 Å². The monoisotopic (exact) mass is 287 g/mol. The van der Waals surface area contributed by atoms with Crippen LogP contribution in [-0.2, 0) is 0 Å². The quantitative estimate of drug-likeness (QED) is 0.887. The molecule has 16 heavy (non-hydrogen) atoms. The van der Waals surface area contributed by atoms with E-state index in [0.717, 1.165) is 10.9 Å². The minimum absolute atomic E-state index is 0.217. The van der Waals surface area contributed by atoms with Crippen LogP contribution >= 0.6 is 15.9 Å². The second kappa shape index (κ2) is 5.80. The van der Waals surface area contributed by atoms with Gasteiger partial charge < -0.3 is 10.4 Å². The van der Waals surface area contributed by atoms with Crippen LogP contribution in [-0.4, -0.2) is 34.1 Å². The normalized spacial score (nSPS) is 25.9. The van der Waals surface area contributed by atoms with Crippen LogP contribution in [0.4, 0.5) is 0 Å². The standard InChI is InChI=1S/C11H18BrN3O/c12-9-7-14-15(8-9)11-3-1-2-10(6-11)13-4-5-16/h7-8,10-11,13,16H,1-6H2/t10-,11-/m0/s1. The second-order valence-corrected chi connectivity index (χ2v) is 5.25. The fraction of sp³-hybridized carbons (Fsp3) is 0.727. The summed E-state index contributed by atoms with van der Waals surface area (Å²) in [6.45, 7) is 0.911. The molecule has 2 atom stereocenters. The predicted octanol–water partition coefficient (Wildman–Crippen LogP) is 1.71. The Bertz CT molecular complexity index is 329. The first-order chi connectivity index (χ1) is 7.79. The summed E-state index contributed by atoms with van der Waals surface area (Å²) in [4.78, 5) is 0. The summed E-state index contributed by atoms with van der Waals surface area (Å²) in [5, 5.41) is 16.5. The van der Waals surface area contributed by atoms with Crippen LogP contribution in [0.25, 0.3) is 0 Å². The van der Waals surface area contributed by atoms with Crippen molar-refractivity contribution in [3.8, 4) is 0 Å². The Morgan fingerprint density at radius 3 is 3.12 bits per heavy atom. The molecular formula is C11H18BrN3O. The Hall–Kier alpha value is -0.390. The molecule has 2 rings (SSSR count). The Balaban J connectivity index is 1.91. The highest BCUT2D eigenvalue weighted by Gasteiger charge is 2.23. The largest absolute Gasteiger partial charge is 0.395 e. The average Bonchev–Trinajstić information content (AvgIpc) is 2.74. The van der Waals surface area contributed by atoms with E-state index in [1.165, 1.54) is 19.3 Å². The van der Waals surface area contributed by atoms with Crippen molar-refractivity contribution in [2.24, 2.45) is 0 Å². The molecule has 0 saturated heterocycles. The Morgan fingerprint density at radius 2 is 2.44 bits per heavy atom. The van der Waals surface area contributed by atoms with Crippen molar-refractivity contribution < 1.29 is 5.11 Å². The highest BCUT2D eigenvalue weighted by Crippen LogP contribution is 2.28. The molecule has 1 aromatic rings. The molecule has 0 radical (unpaired) electrons. The molecule has 5 heteroatoms. The lowest BCUT2D eigenvalue weighted by Gasteiger charge is -2.29. The first-order valence-corrected chi connectivity index (χ1v) is 6.63. The number of halogens is 1. The highest BCUT2D eigenvalue weighted by atomic mass is 79.9. The molecule has 0 amide bonds. The van der Waals surface area contributed by atoms with Gasteiger partial charge in [0.2, 0.25) is 0 Å². The van der Waals surface area contributed by atoms with E-state index in [1.54, 1.807) is 0 Å². The second-order valence-electron chi connectivity index (χ2n) is 4.33. The van der Waals surface area contributed by atoms with Gasteiger partial charge in [-0.3, -0.25) is 4.68 Å². The first kappa shape index (κ1) is 12.1. The topological polar surface area (TPSA) is 50.1 Å². The summed E-state index contributed by atoms with van der Waals surface area (Å²) < 4.78 is 3.09. The van der Waals surface area contributed by atoms with Crippen molar-refractivity contribution in [3.05, 3.63) is 16.9 Å². The molecule has 1 aromatic heterocycles. The van der Waals surface area contributed by atoms with Crippen LogP contribution in [0, 0.1) is 0 Å². The summed E-state index contributed by atoms with van der Waals surface area (Å²) in [5.41, 5.74) is 0. The summed E-state index contributed by atoms with van der Waals surface area (Å²) in [6.07, 6.45) is 8.62. The lowest BCUT2D eigenvalue weighted by atomic mass is 9.91. The molecule has 1 aliphatic rings. The molecule has 90 valence electrons. The molecule has 0 unspecified atom stereocenters. The molecule has 0 bridgehead atoms. The van der Waals surface area contributed by atoms with E-state index in [1.807, 2.05) is 12.4 Å². The summed E-state index contributed by atoms with van der Waals surface area (Å²) in [6, 6.07) is 1.02. The van der Waals surface area contributed by atoms with Crippen molar-refractivity contribution in [2.75, 3.05) is 13.2 Å². The molecule has 0 aliphatic heterocycles. The fourth-order valence-electron chi connectivity index (χ4n) is 2.37. The number of aliphatic hydroxyl groups excluding tert-OH is 1. The summed E-state index contributed by atoms with van der Waals surface area (Å²) >= 11 is 3.42. The van der Waals surface area contributed by atoms with Crippen molar-refractivity contribution in [1.82, 2.24) is 15.1 Å². The van der Waals surface area contributed by atoms with Gasteiger partial charge in [0.05, 0.1) is 23.3 Å². The molecule has 1 heterocycles. The first-order valence-electron chi connectivity index (χ1n) is 5.83. The smallest absolute Gasteiger partial charge is 0.0632 e. The fourth-order valence-corrected chi connectivity index (χ4v) is 2.67. The third-order valence-electron chi connectivity index (χ3n) is 3.14. The van der Waals surface area contributed by atoms with E-state index < -0.39 is 0 Å². The molecule has 0 aromatic carbocycles. The number of rotatable bonds is 4. The summed E-state index contributed by atoms with van der Waals surface area (Å²) in [5.74, 6) is 0. The number of hydrogen-bond donors (Lipinski definition) is 2. The number of aliphatic hydroxyl groups is 1. The minimum atomic E-state index is 0.217. The summed E-state index contributed by atoms with van der Waals surface area (Å²) in [7, 11) is 0. The number of hydrogen-bond acceptors (Lipinski definition) is 3. The zero-order chi connectivity index (χ0) is 11.4. The van der Waals surface area contributed by atoms with Crippen LogP contribution < -0.4 is 5.32 Å². The number of nitrogens with zero attached hydrogens (tertiary/aromatic N) is 2. The van der Waals surface area contributed by atoms with E-state index in [9.17, 15) is 0 Å². The predicted molar refractivity (Wildman–Crippen MR) is 66.3 cm³/mol. The minimum Gasteiger partial charge on any atom is -0.395 e. The Labute approximate surface area is 104 Å². The van der Waals surface area contributed by atoms with Crippen molar-refractivity contribution >= 4 is 15.9 Å².